The normalized spacial score (nSPS) is 11.5. The summed E-state index contributed by atoms with van der Waals surface area (Å²) in [4.78, 5) is 0.0711. The molecule has 0 aromatic heterocycles. The summed E-state index contributed by atoms with van der Waals surface area (Å²) in [7, 11) is -3.60. The minimum atomic E-state index is -3.60. The van der Waals surface area contributed by atoms with Gasteiger partial charge in [-0.05, 0) is 25.1 Å². The number of nitrogens with one attached hydrogen (secondary N) is 1. The molecule has 1 aromatic carbocycles. The fourth-order valence-electron chi connectivity index (χ4n) is 1.22. The van der Waals surface area contributed by atoms with Gasteiger partial charge in [0.05, 0.1) is 28.2 Å². The van der Waals surface area contributed by atoms with E-state index >= 15 is 0 Å². The van der Waals surface area contributed by atoms with Crippen molar-refractivity contribution < 1.29 is 13.2 Å². The summed E-state index contributed by atoms with van der Waals surface area (Å²) < 4.78 is 31.4. The van der Waals surface area contributed by atoms with E-state index in [1.807, 2.05) is 6.92 Å². The number of hydrogen-bond acceptors (Lipinski definition) is 3. The summed E-state index contributed by atoms with van der Waals surface area (Å²) in [5, 5.41) is 0.508. The second-order valence-electron chi connectivity index (χ2n) is 3.98. The van der Waals surface area contributed by atoms with Crippen LogP contribution in [0.15, 0.2) is 35.2 Å². The minimum Gasteiger partial charge on any atom is -0.376 e. The molecular weight excluding hydrogens is 309 g/mol. The van der Waals surface area contributed by atoms with Crippen LogP contribution in [0.5, 0.6) is 0 Å². The molecule has 0 atom stereocenters. The molecule has 7 heteroatoms. The molecular formula is C12H15Cl2NO3S. The topological polar surface area (TPSA) is 55.4 Å². The van der Waals surface area contributed by atoms with Crippen LogP contribution in [-0.4, -0.2) is 28.2 Å². The van der Waals surface area contributed by atoms with Gasteiger partial charge in [0.25, 0.3) is 0 Å². The highest BCUT2D eigenvalue weighted by Gasteiger charge is 2.14. The van der Waals surface area contributed by atoms with Gasteiger partial charge >= 0.3 is 0 Å². The molecule has 106 valence electrons. The van der Waals surface area contributed by atoms with Crippen LogP contribution in [0.3, 0.4) is 0 Å². The summed E-state index contributed by atoms with van der Waals surface area (Å²) in [6.45, 7) is 6.37. The smallest absolute Gasteiger partial charge is 0.240 e. The number of ether oxygens (including phenoxy) is 1. The zero-order chi connectivity index (χ0) is 14.5. The molecule has 0 heterocycles. The van der Waals surface area contributed by atoms with E-state index in [2.05, 4.69) is 11.3 Å². The standard InChI is InChI=1S/C12H15Cl2NO3S/c1-9(2)8-18-6-5-15-19(16,17)10-3-4-11(13)12(14)7-10/h3-4,7,15H,1,5-6,8H2,2H3. The van der Waals surface area contributed by atoms with Gasteiger partial charge in [-0.3, -0.25) is 0 Å². The summed E-state index contributed by atoms with van der Waals surface area (Å²) in [5.41, 5.74) is 0.882. The Morgan fingerprint density at radius 1 is 1.37 bits per heavy atom. The van der Waals surface area contributed by atoms with Crippen LogP contribution < -0.4 is 4.72 Å². The van der Waals surface area contributed by atoms with Crippen molar-refractivity contribution in [2.75, 3.05) is 19.8 Å². The Morgan fingerprint density at radius 3 is 2.63 bits per heavy atom. The van der Waals surface area contributed by atoms with E-state index in [0.29, 0.717) is 11.6 Å². The molecule has 1 rings (SSSR count). The molecule has 19 heavy (non-hydrogen) atoms. The molecule has 0 radical (unpaired) electrons. The van der Waals surface area contributed by atoms with Gasteiger partial charge < -0.3 is 4.74 Å². The number of benzene rings is 1. The van der Waals surface area contributed by atoms with Crippen molar-refractivity contribution in [3.8, 4) is 0 Å². The molecule has 0 saturated heterocycles. The van der Waals surface area contributed by atoms with Crippen LogP contribution >= 0.6 is 23.2 Å². The second kappa shape index (κ2) is 7.26. The van der Waals surface area contributed by atoms with Crippen molar-refractivity contribution in [3.63, 3.8) is 0 Å². The summed E-state index contributed by atoms with van der Waals surface area (Å²) >= 11 is 11.5. The van der Waals surface area contributed by atoms with E-state index in [1.165, 1.54) is 18.2 Å². The molecule has 0 aliphatic rings. The van der Waals surface area contributed by atoms with Gasteiger partial charge in [0.2, 0.25) is 10.0 Å². The SMILES string of the molecule is C=C(C)COCCNS(=O)(=O)c1ccc(Cl)c(Cl)c1. The molecule has 1 N–H and O–H groups in total. The van der Waals surface area contributed by atoms with Crippen LogP contribution in [-0.2, 0) is 14.8 Å². The zero-order valence-corrected chi connectivity index (χ0v) is 12.8. The quantitative estimate of drug-likeness (QED) is 0.620. The first-order valence-corrected chi connectivity index (χ1v) is 7.73. The Bertz CT molecular complexity index is 558. The average molecular weight is 324 g/mol. The predicted octanol–water partition coefficient (Wildman–Crippen LogP) is 2.86. The first kappa shape index (κ1) is 16.5. The highest BCUT2D eigenvalue weighted by Crippen LogP contribution is 2.24. The number of sulfonamides is 1. The van der Waals surface area contributed by atoms with Gasteiger partial charge in [0.15, 0.2) is 0 Å². The Hall–Kier alpha value is -0.590. The minimum absolute atomic E-state index is 0.0711. The first-order chi connectivity index (χ1) is 8.83. The zero-order valence-electron chi connectivity index (χ0n) is 10.4. The Morgan fingerprint density at radius 2 is 2.05 bits per heavy atom. The lowest BCUT2D eigenvalue weighted by atomic mass is 10.4. The maximum Gasteiger partial charge on any atom is 0.240 e. The third kappa shape index (κ3) is 5.50. The van der Waals surface area contributed by atoms with E-state index in [9.17, 15) is 8.42 Å². The highest BCUT2D eigenvalue weighted by molar-refractivity contribution is 7.89. The molecule has 0 unspecified atom stereocenters. The molecule has 4 nitrogen and oxygen atoms in total. The third-order valence-electron chi connectivity index (χ3n) is 2.09. The van der Waals surface area contributed by atoms with Gasteiger partial charge in [-0.2, -0.15) is 0 Å². The molecule has 0 aliphatic heterocycles. The van der Waals surface area contributed by atoms with Crippen LogP contribution in [0, 0.1) is 0 Å². The van der Waals surface area contributed by atoms with Crippen molar-refractivity contribution in [1.29, 1.82) is 0 Å². The van der Waals surface area contributed by atoms with E-state index in [1.54, 1.807) is 0 Å². The van der Waals surface area contributed by atoms with Gasteiger partial charge in [-0.1, -0.05) is 35.4 Å². The fourth-order valence-corrected chi connectivity index (χ4v) is 2.62. The Kier molecular flexibility index (Phi) is 6.29. The Labute approximate surface area is 123 Å². The maximum atomic E-state index is 11.9. The molecule has 0 bridgehead atoms. The third-order valence-corrected chi connectivity index (χ3v) is 4.29. The molecule has 0 saturated carbocycles. The van der Waals surface area contributed by atoms with Crippen molar-refractivity contribution in [3.05, 3.63) is 40.4 Å². The second-order valence-corrected chi connectivity index (χ2v) is 6.56. The van der Waals surface area contributed by atoms with Gasteiger partial charge in [0, 0.05) is 6.54 Å². The molecule has 1 aromatic rings. The van der Waals surface area contributed by atoms with Crippen molar-refractivity contribution >= 4 is 33.2 Å². The first-order valence-electron chi connectivity index (χ1n) is 5.50. The number of hydrogen-bond donors (Lipinski definition) is 1. The summed E-state index contributed by atoms with van der Waals surface area (Å²) in [6, 6.07) is 4.14. The van der Waals surface area contributed by atoms with Crippen LogP contribution in [0.1, 0.15) is 6.92 Å². The largest absolute Gasteiger partial charge is 0.376 e. The number of rotatable bonds is 7. The number of halogens is 2. The Balaban J connectivity index is 2.56. The van der Waals surface area contributed by atoms with Crippen molar-refractivity contribution in [2.45, 2.75) is 11.8 Å². The molecule has 0 spiro atoms. The van der Waals surface area contributed by atoms with Gasteiger partial charge in [-0.25, -0.2) is 13.1 Å². The van der Waals surface area contributed by atoms with E-state index in [0.717, 1.165) is 5.57 Å². The predicted molar refractivity (Wildman–Crippen MR) is 77.3 cm³/mol. The lowest BCUT2D eigenvalue weighted by Gasteiger charge is -2.08. The average Bonchev–Trinajstić information content (AvgIpc) is 2.31. The van der Waals surface area contributed by atoms with E-state index in [-0.39, 0.29) is 23.1 Å². The van der Waals surface area contributed by atoms with Crippen molar-refractivity contribution in [2.24, 2.45) is 0 Å². The summed E-state index contributed by atoms with van der Waals surface area (Å²) in [6.07, 6.45) is 0. The van der Waals surface area contributed by atoms with Gasteiger partial charge in [0.1, 0.15) is 0 Å². The summed E-state index contributed by atoms with van der Waals surface area (Å²) in [5.74, 6) is 0. The highest BCUT2D eigenvalue weighted by atomic mass is 35.5. The fraction of sp³-hybridized carbons (Fsp3) is 0.333. The van der Waals surface area contributed by atoms with E-state index < -0.39 is 10.0 Å². The lowest BCUT2D eigenvalue weighted by Crippen LogP contribution is -2.27. The van der Waals surface area contributed by atoms with Crippen LogP contribution in [0.25, 0.3) is 0 Å². The van der Waals surface area contributed by atoms with E-state index in [4.69, 9.17) is 27.9 Å². The molecule has 0 amide bonds. The monoisotopic (exact) mass is 323 g/mol. The van der Waals surface area contributed by atoms with Crippen molar-refractivity contribution in [1.82, 2.24) is 4.72 Å². The van der Waals surface area contributed by atoms with Crippen LogP contribution in [0.4, 0.5) is 0 Å². The lowest BCUT2D eigenvalue weighted by molar-refractivity contribution is 0.162. The van der Waals surface area contributed by atoms with Crippen LogP contribution in [0.2, 0.25) is 10.0 Å². The molecule has 0 aliphatic carbocycles. The van der Waals surface area contributed by atoms with Gasteiger partial charge in [-0.15, -0.1) is 0 Å². The molecule has 0 fully saturated rings. The maximum absolute atomic E-state index is 11.9.